The lowest BCUT2D eigenvalue weighted by atomic mass is 9.80. The molecule has 0 saturated heterocycles. The predicted molar refractivity (Wildman–Crippen MR) is 140 cm³/mol. The molecule has 2 aromatic carbocycles. The summed E-state index contributed by atoms with van der Waals surface area (Å²) < 4.78 is 0. The monoisotopic (exact) mass is 518 g/mol. The van der Waals surface area contributed by atoms with Crippen LogP contribution in [-0.2, 0) is 25.7 Å². The fraction of sp³-hybridized carbons (Fsp3) is 0.138. The number of rotatable bonds is 14. The summed E-state index contributed by atoms with van der Waals surface area (Å²) in [6, 6.07) is 3.07. The highest BCUT2D eigenvalue weighted by atomic mass is 16.4. The molecule has 9 nitrogen and oxygen atoms in total. The lowest BCUT2D eigenvalue weighted by Gasteiger charge is -2.21. The van der Waals surface area contributed by atoms with Crippen molar-refractivity contribution in [3.05, 3.63) is 118 Å². The topological polar surface area (TPSA) is 166 Å². The summed E-state index contributed by atoms with van der Waals surface area (Å²) in [6.07, 6.45) is 6.49. The molecule has 0 heterocycles. The molecule has 0 aliphatic heterocycles. The molecule has 0 aromatic heterocycles. The SMILES string of the molecule is C=CCc1ccc(C(=O)c2c(CC=C)c(C(=O)O)c(C(=O)O)c(C(=O)O)c2C(=O)O)c(CC=C)c1CC=C. The van der Waals surface area contributed by atoms with Gasteiger partial charge in [-0.2, -0.15) is 0 Å². The summed E-state index contributed by atoms with van der Waals surface area (Å²) in [4.78, 5) is 62.9. The Morgan fingerprint density at radius 2 is 0.921 bits per heavy atom. The third kappa shape index (κ3) is 5.36. The first-order chi connectivity index (χ1) is 18.0. The molecule has 0 aliphatic rings. The molecule has 4 N–H and O–H groups in total. The van der Waals surface area contributed by atoms with Crippen LogP contribution >= 0.6 is 0 Å². The Balaban J connectivity index is 3.24. The van der Waals surface area contributed by atoms with E-state index in [1.807, 2.05) is 0 Å². The van der Waals surface area contributed by atoms with E-state index in [1.54, 1.807) is 18.2 Å². The second-order valence-corrected chi connectivity index (χ2v) is 8.10. The highest BCUT2D eigenvalue weighted by Gasteiger charge is 2.38. The van der Waals surface area contributed by atoms with Gasteiger partial charge in [0.1, 0.15) is 0 Å². The van der Waals surface area contributed by atoms with Crippen LogP contribution in [0.1, 0.15) is 79.6 Å². The van der Waals surface area contributed by atoms with Crippen LogP contribution in [-0.4, -0.2) is 50.1 Å². The second-order valence-electron chi connectivity index (χ2n) is 8.10. The minimum absolute atomic E-state index is 0.0156. The van der Waals surface area contributed by atoms with E-state index in [4.69, 9.17) is 0 Å². The molecular weight excluding hydrogens is 492 g/mol. The quantitative estimate of drug-likeness (QED) is 0.206. The Kier molecular flexibility index (Phi) is 9.42. The van der Waals surface area contributed by atoms with Crippen LogP contribution < -0.4 is 0 Å². The van der Waals surface area contributed by atoms with Crippen LogP contribution in [0.5, 0.6) is 0 Å². The summed E-state index contributed by atoms with van der Waals surface area (Å²) in [5.74, 6) is -8.71. The maximum atomic E-state index is 14.1. The van der Waals surface area contributed by atoms with E-state index in [1.165, 1.54) is 12.1 Å². The Morgan fingerprint density at radius 1 is 0.526 bits per heavy atom. The summed E-state index contributed by atoms with van der Waals surface area (Å²) in [5, 5.41) is 39.5. The zero-order chi connectivity index (χ0) is 28.7. The maximum Gasteiger partial charge on any atom is 0.337 e. The molecule has 2 aromatic rings. The standard InChI is InChI=1S/C29H26O9/c1-5-9-15-13-14-18(17(11-7-3)16(15)10-6-2)25(30)20-19(12-8-4)21(26(31)32)23(28(35)36)24(29(37)38)22(20)27(33)34/h5-8,13-14H,1-4,9-12H2,(H,31,32)(H,33,34)(H,35,36)(H,37,38). The van der Waals surface area contributed by atoms with E-state index in [2.05, 4.69) is 26.3 Å². The smallest absolute Gasteiger partial charge is 0.337 e. The van der Waals surface area contributed by atoms with Crippen LogP contribution in [0.3, 0.4) is 0 Å². The van der Waals surface area contributed by atoms with Crippen molar-refractivity contribution in [2.75, 3.05) is 0 Å². The molecule has 9 heteroatoms. The Morgan fingerprint density at radius 3 is 1.37 bits per heavy atom. The van der Waals surface area contributed by atoms with Gasteiger partial charge in [0.25, 0.3) is 0 Å². The molecule has 38 heavy (non-hydrogen) atoms. The Labute approximate surface area is 218 Å². The fourth-order valence-corrected chi connectivity index (χ4v) is 4.49. The molecule has 0 atom stereocenters. The van der Waals surface area contributed by atoms with Crippen molar-refractivity contribution in [2.24, 2.45) is 0 Å². The minimum atomic E-state index is -2.01. The maximum absolute atomic E-state index is 14.1. The largest absolute Gasteiger partial charge is 0.478 e. The van der Waals surface area contributed by atoms with E-state index >= 15 is 0 Å². The van der Waals surface area contributed by atoms with Crippen molar-refractivity contribution in [2.45, 2.75) is 25.7 Å². The van der Waals surface area contributed by atoms with E-state index in [0.717, 1.165) is 11.6 Å². The average molecular weight is 519 g/mol. The zero-order valence-electron chi connectivity index (χ0n) is 20.5. The zero-order valence-corrected chi connectivity index (χ0v) is 20.5. The second kappa shape index (κ2) is 12.3. The Hall–Kier alpha value is -5.05. The van der Waals surface area contributed by atoms with Gasteiger partial charge in [0.15, 0.2) is 5.78 Å². The first kappa shape index (κ1) is 29.2. The molecular formula is C29H26O9. The number of carbonyl (C=O) groups excluding carboxylic acids is 1. The van der Waals surface area contributed by atoms with Crippen molar-refractivity contribution in [3.63, 3.8) is 0 Å². The lowest BCUT2D eigenvalue weighted by Crippen LogP contribution is -2.27. The molecule has 0 unspecified atom stereocenters. The van der Waals surface area contributed by atoms with Crippen LogP contribution in [0, 0.1) is 0 Å². The van der Waals surface area contributed by atoms with Crippen LogP contribution in [0.2, 0.25) is 0 Å². The summed E-state index contributed by atoms with van der Waals surface area (Å²) in [7, 11) is 0. The Bertz CT molecular complexity index is 1410. The van der Waals surface area contributed by atoms with Crippen LogP contribution in [0.4, 0.5) is 0 Å². The van der Waals surface area contributed by atoms with Crippen molar-refractivity contribution < 1.29 is 44.4 Å². The third-order valence-corrected chi connectivity index (χ3v) is 5.87. The van der Waals surface area contributed by atoms with Gasteiger partial charge in [0.05, 0.1) is 22.3 Å². The molecule has 0 fully saturated rings. The van der Waals surface area contributed by atoms with Gasteiger partial charge in [0, 0.05) is 11.1 Å². The van der Waals surface area contributed by atoms with Gasteiger partial charge in [-0.25, -0.2) is 19.2 Å². The van der Waals surface area contributed by atoms with Crippen molar-refractivity contribution >= 4 is 29.7 Å². The van der Waals surface area contributed by atoms with Gasteiger partial charge in [-0.05, 0) is 47.9 Å². The van der Waals surface area contributed by atoms with Gasteiger partial charge in [-0.1, -0.05) is 36.4 Å². The number of hydrogen-bond acceptors (Lipinski definition) is 5. The first-order valence-corrected chi connectivity index (χ1v) is 11.3. The van der Waals surface area contributed by atoms with Crippen LogP contribution in [0.25, 0.3) is 0 Å². The van der Waals surface area contributed by atoms with Gasteiger partial charge >= 0.3 is 23.9 Å². The number of aromatic carboxylic acids is 4. The molecule has 0 spiro atoms. The summed E-state index contributed by atoms with van der Waals surface area (Å²) in [6.45, 7) is 14.7. The number of carboxylic acid groups (broad SMARTS) is 4. The fourth-order valence-electron chi connectivity index (χ4n) is 4.49. The molecule has 0 radical (unpaired) electrons. The number of allylic oxidation sites excluding steroid dienone is 4. The normalized spacial score (nSPS) is 10.3. The van der Waals surface area contributed by atoms with E-state index < -0.39 is 69.5 Å². The highest BCUT2D eigenvalue weighted by molar-refractivity contribution is 6.23. The van der Waals surface area contributed by atoms with E-state index in [0.29, 0.717) is 24.0 Å². The number of carboxylic acids is 4. The number of benzene rings is 2. The molecule has 0 amide bonds. The molecule has 196 valence electrons. The van der Waals surface area contributed by atoms with E-state index in [-0.39, 0.29) is 12.0 Å². The summed E-state index contributed by atoms with van der Waals surface area (Å²) >= 11 is 0. The molecule has 0 aliphatic carbocycles. The van der Waals surface area contributed by atoms with Crippen LogP contribution in [0.15, 0.2) is 62.8 Å². The van der Waals surface area contributed by atoms with E-state index in [9.17, 15) is 44.4 Å². The highest BCUT2D eigenvalue weighted by Crippen LogP contribution is 2.34. The lowest BCUT2D eigenvalue weighted by molar-refractivity contribution is 0.0617. The number of ketones is 1. The van der Waals surface area contributed by atoms with Gasteiger partial charge in [0.2, 0.25) is 0 Å². The first-order valence-electron chi connectivity index (χ1n) is 11.3. The van der Waals surface area contributed by atoms with Gasteiger partial charge in [-0.3, -0.25) is 4.79 Å². The minimum Gasteiger partial charge on any atom is -0.478 e. The average Bonchev–Trinajstić information content (AvgIpc) is 2.84. The summed E-state index contributed by atoms with van der Waals surface area (Å²) in [5.41, 5.74) is -3.90. The van der Waals surface area contributed by atoms with Crippen molar-refractivity contribution in [1.29, 1.82) is 0 Å². The molecule has 0 saturated carbocycles. The van der Waals surface area contributed by atoms with Gasteiger partial charge in [-0.15, -0.1) is 26.3 Å². The third-order valence-electron chi connectivity index (χ3n) is 5.87. The van der Waals surface area contributed by atoms with Crippen molar-refractivity contribution in [3.8, 4) is 0 Å². The number of carbonyl (C=O) groups is 5. The van der Waals surface area contributed by atoms with Gasteiger partial charge < -0.3 is 20.4 Å². The van der Waals surface area contributed by atoms with Crippen molar-refractivity contribution in [1.82, 2.24) is 0 Å². The molecule has 2 rings (SSSR count). The number of hydrogen-bond donors (Lipinski definition) is 4. The predicted octanol–water partition coefficient (Wildman–Crippen LogP) is 4.62. The molecule has 0 bridgehead atoms.